The van der Waals surface area contributed by atoms with E-state index in [0.29, 0.717) is 17.9 Å². The van der Waals surface area contributed by atoms with E-state index >= 15 is 0 Å². The Morgan fingerprint density at radius 3 is 2.74 bits per heavy atom. The molecule has 0 amide bonds. The monoisotopic (exact) mass is 439 g/mol. The lowest BCUT2D eigenvalue weighted by Gasteiger charge is -2.59. The molecule has 6 atom stereocenters. The fraction of sp³-hybridized carbons (Fsp3) is 0.625. The van der Waals surface area contributed by atoms with Gasteiger partial charge in [0.25, 0.3) is 0 Å². The van der Waals surface area contributed by atoms with Crippen LogP contribution in [0.2, 0.25) is 0 Å². The molecule has 5 fully saturated rings. The van der Waals surface area contributed by atoms with Gasteiger partial charge < -0.3 is 16.0 Å². The maximum absolute atomic E-state index is 11.8. The molecule has 166 valence electrons. The number of rotatable bonds is 4. The Labute approximate surface area is 186 Å². The quantitative estimate of drug-likeness (QED) is 0.635. The number of aromatic nitrogens is 2. The van der Waals surface area contributed by atoms with Gasteiger partial charge in [0.2, 0.25) is 0 Å². The summed E-state index contributed by atoms with van der Waals surface area (Å²) in [6, 6.07) is 7.13. The van der Waals surface area contributed by atoms with Crippen LogP contribution in [0.5, 0.6) is 0 Å². The van der Waals surface area contributed by atoms with Crippen LogP contribution < -0.4 is 16.0 Å². The van der Waals surface area contributed by atoms with Crippen LogP contribution in [0.3, 0.4) is 0 Å². The lowest BCUT2D eigenvalue weighted by atomic mass is 9.48. The van der Waals surface area contributed by atoms with Crippen molar-refractivity contribution in [3.8, 4) is 0 Å². The van der Waals surface area contributed by atoms with Gasteiger partial charge >= 0.3 is 0 Å². The van der Waals surface area contributed by atoms with E-state index in [2.05, 4.69) is 45.5 Å². The second-order valence-electron chi connectivity index (χ2n) is 10.3. The molecule has 7 rings (SSSR count). The van der Waals surface area contributed by atoms with Gasteiger partial charge in [-0.15, -0.1) is 0 Å². The highest BCUT2D eigenvalue weighted by atomic mass is 32.2. The molecule has 2 heterocycles. The fourth-order valence-corrected chi connectivity index (χ4v) is 8.28. The Balaban J connectivity index is 1.32. The van der Waals surface area contributed by atoms with E-state index in [4.69, 9.17) is 5.73 Å². The molecule has 7 heteroatoms. The molecule has 5 aliphatic rings. The van der Waals surface area contributed by atoms with E-state index in [-0.39, 0.29) is 0 Å². The predicted molar refractivity (Wildman–Crippen MR) is 127 cm³/mol. The minimum absolute atomic E-state index is 0.484. The van der Waals surface area contributed by atoms with Crippen molar-refractivity contribution in [2.24, 2.45) is 23.7 Å². The van der Waals surface area contributed by atoms with E-state index in [1.165, 1.54) is 42.5 Å². The summed E-state index contributed by atoms with van der Waals surface area (Å²) in [6.45, 7) is 3.87. The number of nitrogens with one attached hydrogen (secondary N) is 2. The zero-order chi connectivity index (χ0) is 21.1. The first-order valence-corrected chi connectivity index (χ1v) is 13.3. The second kappa shape index (κ2) is 7.54. The summed E-state index contributed by atoms with van der Waals surface area (Å²) < 4.78 is 11.8. The molecule has 4 N–H and O–H groups in total. The topological polar surface area (TPSA) is 87.0 Å². The Bertz CT molecular complexity index is 996. The number of nitrogens with two attached hydrogens (primary N) is 1. The average Bonchev–Trinajstić information content (AvgIpc) is 3.16. The summed E-state index contributed by atoms with van der Waals surface area (Å²) >= 11 is 0. The standard InChI is InChI=1S/C24H33N5OS/c1-14-13-26-28-24(14)27-23-17-9-15-8-16(11-17)22(20(23)10-15)19-12-18(2-3-21(19)25)29-4-6-31(30)7-5-29/h2-3,12-13,15-17,20,22-23H,4-11,25H2,1H3,(H2,26,27,28)/t15?,16?,17?,20?,22?,23-/m0/s1. The number of hydrogen-bond acceptors (Lipinski definition) is 5. The zero-order valence-electron chi connectivity index (χ0n) is 18.2. The van der Waals surface area contributed by atoms with Crippen molar-refractivity contribution in [1.29, 1.82) is 0 Å². The summed E-state index contributed by atoms with van der Waals surface area (Å²) in [4.78, 5) is 2.39. The summed E-state index contributed by atoms with van der Waals surface area (Å²) in [5, 5.41) is 11.3. The number of aryl methyl sites for hydroxylation is 1. The van der Waals surface area contributed by atoms with Crippen molar-refractivity contribution in [3.05, 3.63) is 35.5 Å². The largest absolute Gasteiger partial charge is 0.398 e. The summed E-state index contributed by atoms with van der Waals surface area (Å²) in [5.41, 5.74) is 11.4. The Hall–Kier alpha value is -2.02. The SMILES string of the molecule is Cc1cn[nH]c1N[C@H]1C2CC3CC(C2)C(c2cc(N4CCS(=O)CC4)ccc2N)C1C3. The third kappa shape index (κ3) is 3.36. The fourth-order valence-electron chi connectivity index (χ4n) is 7.23. The number of nitrogens with zero attached hydrogens (tertiary/aromatic N) is 2. The average molecular weight is 440 g/mol. The van der Waals surface area contributed by atoms with Gasteiger partial charge in [-0.1, -0.05) is 0 Å². The summed E-state index contributed by atoms with van der Waals surface area (Å²) in [5.74, 6) is 6.14. The smallest absolute Gasteiger partial charge is 0.124 e. The lowest BCUT2D eigenvalue weighted by Crippen LogP contribution is -2.55. The van der Waals surface area contributed by atoms with Gasteiger partial charge in [-0.3, -0.25) is 9.31 Å². The summed E-state index contributed by atoms with van der Waals surface area (Å²) in [7, 11) is -0.657. The third-order valence-corrected chi connectivity index (χ3v) is 9.81. The molecule has 0 radical (unpaired) electrons. The van der Waals surface area contributed by atoms with Gasteiger partial charge in [-0.2, -0.15) is 5.10 Å². The molecule has 1 aromatic heterocycles. The van der Waals surface area contributed by atoms with Crippen molar-refractivity contribution in [2.75, 3.05) is 40.5 Å². The number of H-pyrrole nitrogens is 1. The maximum atomic E-state index is 11.8. The third-order valence-electron chi connectivity index (χ3n) is 8.53. The number of benzene rings is 1. The van der Waals surface area contributed by atoms with Crippen LogP contribution in [-0.2, 0) is 10.8 Å². The van der Waals surface area contributed by atoms with Crippen molar-refractivity contribution < 1.29 is 4.21 Å². The first kappa shape index (κ1) is 19.6. The van der Waals surface area contributed by atoms with Gasteiger partial charge in [0.1, 0.15) is 5.82 Å². The minimum atomic E-state index is -0.657. The number of hydrogen-bond donors (Lipinski definition) is 3. The van der Waals surface area contributed by atoms with Crippen molar-refractivity contribution in [1.82, 2.24) is 10.2 Å². The van der Waals surface area contributed by atoms with Gasteiger partial charge in [-0.05, 0) is 86.0 Å². The normalized spacial score (nSPS) is 34.9. The van der Waals surface area contributed by atoms with E-state index in [0.717, 1.165) is 53.9 Å². The first-order valence-electron chi connectivity index (χ1n) is 11.8. The second-order valence-corrected chi connectivity index (χ2v) is 12.0. The highest BCUT2D eigenvalue weighted by Gasteiger charge is 2.54. The van der Waals surface area contributed by atoms with Crippen LogP contribution in [0, 0.1) is 30.6 Å². The van der Waals surface area contributed by atoms with E-state index in [1.54, 1.807) is 0 Å². The highest BCUT2D eigenvalue weighted by Crippen LogP contribution is 2.61. The number of anilines is 3. The zero-order valence-corrected chi connectivity index (χ0v) is 19.0. The van der Waals surface area contributed by atoms with E-state index < -0.39 is 10.8 Å². The van der Waals surface area contributed by atoms with Crippen LogP contribution in [0.1, 0.15) is 42.7 Å². The number of aromatic amines is 1. The molecule has 1 aliphatic heterocycles. The molecule has 1 aromatic carbocycles. The summed E-state index contributed by atoms with van der Waals surface area (Å²) in [6.07, 6.45) is 7.23. The van der Waals surface area contributed by atoms with Crippen LogP contribution >= 0.6 is 0 Å². The molecule has 1 saturated heterocycles. The van der Waals surface area contributed by atoms with Crippen LogP contribution in [0.25, 0.3) is 0 Å². The maximum Gasteiger partial charge on any atom is 0.124 e. The Kier molecular flexibility index (Phi) is 4.78. The molecule has 4 bridgehead atoms. The molecule has 0 spiro atoms. The molecule has 4 aliphatic carbocycles. The molecule has 6 nitrogen and oxygen atoms in total. The molecule has 31 heavy (non-hydrogen) atoms. The van der Waals surface area contributed by atoms with Crippen LogP contribution in [-0.4, -0.2) is 45.0 Å². The molecule has 2 aromatic rings. The number of nitrogen functional groups attached to an aromatic ring is 1. The van der Waals surface area contributed by atoms with Gasteiger partial charge in [0, 0.05) is 58.4 Å². The van der Waals surface area contributed by atoms with Crippen LogP contribution in [0.4, 0.5) is 17.2 Å². The molecule has 5 unspecified atom stereocenters. The van der Waals surface area contributed by atoms with Gasteiger partial charge in [0.15, 0.2) is 0 Å². The van der Waals surface area contributed by atoms with Crippen LogP contribution in [0.15, 0.2) is 24.4 Å². The first-order chi connectivity index (χ1) is 15.1. The van der Waals surface area contributed by atoms with Crippen molar-refractivity contribution >= 4 is 28.0 Å². The Morgan fingerprint density at radius 2 is 1.97 bits per heavy atom. The highest BCUT2D eigenvalue weighted by molar-refractivity contribution is 7.85. The van der Waals surface area contributed by atoms with Gasteiger partial charge in [0.05, 0.1) is 6.20 Å². The van der Waals surface area contributed by atoms with Gasteiger partial charge in [-0.25, -0.2) is 0 Å². The van der Waals surface area contributed by atoms with Crippen molar-refractivity contribution in [3.63, 3.8) is 0 Å². The molecular formula is C24H33N5OS. The van der Waals surface area contributed by atoms with E-state index in [9.17, 15) is 4.21 Å². The predicted octanol–water partition coefficient (Wildman–Crippen LogP) is 3.50. The lowest BCUT2D eigenvalue weighted by molar-refractivity contribution is -0.0141. The Morgan fingerprint density at radius 1 is 1.16 bits per heavy atom. The van der Waals surface area contributed by atoms with Crippen molar-refractivity contribution in [2.45, 2.75) is 44.6 Å². The van der Waals surface area contributed by atoms with E-state index in [1.807, 2.05) is 6.20 Å². The molecule has 4 saturated carbocycles. The molecular weight excluding hydrogens is 406 g/mol. The minimum Gasteiger partial charge on any atom is -0.398 e.